The summed E-state index contributed by atoms with van der Waals surface area (Å²) >= 11 is 1.72. The highest BCUT2D eigenvalue weighted by atomic mass is 32.2. The molecule has 6 heteroatoms. The molecule has 5 nitrogen and oxygen atoms in total. The first-order chi connectivity index (χ1) is 13.6. The number of amides is 1. The molecule has 0 fully saturated rings. The number of carboxylic acids is 1. The van der Waals surface area contributed by atoms with E-state index in [1.165, 1.54) is 6.07 Å². The Hall–Kier alpha value is -2.86. The number of fused-ring (bicyclic) bond motifs is 1. The summed E-state index contributed by atoms with van der Waals surface area (Å²) in [5.74, 6) is -0.248. The number of benzene rings is 2. The summed E-state index contributed by atoms with van der Waals surface area (Å²) in [5.41, 5.74) is 1.46. The van der Waals surface area contributed by atoms with Crippen LogP contribution in [0.3, 0.4) is 0 Å². The molecule has 0 saturated heterocycles. The third-order valence-electron chi connectivity index (χ3n) is 4.30. The molecule has 28 heavy (non-hydrogen) atoms. The van der Waals surface area contributed by atoms with Crippen molar-refractivity contribution in [3.05, 3.63) is 66.2 Å². The van der Waals surface area contributed by atoms with Gasteiger partial charge in [-0.1, -0.05) is 42.8 Å². The quantitative estimate of drug-likeness (QED) is 0.384. The minimum atomic E-state index is -1.05. The second-order valence-electron chi connectivity index (χ2n) is 6.40. The van der Waals surface area contributed by atoms with Gasteiger partial charge >= 0.3 is 5.97 Å². The number of carboxylic acid groups (broad SMARTS) is 1. The predicted octanol–water partition coefficient (Wildman–Crippen LogP) is 5.22. The Balaban J connectivity index is 1.36. The number of rotatable bonds is 9. The summed E-state index contributed by atoms with van der Waals surface area (Å²) in [6, 6.07) is 18.6. The molecule has 0 saturated carbocycles. The van der Waals surface area contributed by atoms with Crippen molar-refractivity contribution in [1.29, 1.82) is 0 Å². The zero-order valence-electron chi connectivity index (χ0n) is 15.4. The summed E-state index contributed by atoms with van der Waals surface area (Å²) in [4.78, 5) is 27.9. The Labute approximate surface area is 168 Å². The van der Waals surface area contributed by atoms with Gasteiger partial charge in [0.05, 0.1) is 21.8 Å². The van der Waals surface area contributed by atoms with E-state index in [1.807, 2.05) is 24.3 Å². The number of pyridine rings is 1. The average molecular weight is 394 g/mol. The van der Waals surface area contributed by atoms with Crippen molar-refractivity contribution >= 4 is 40.2 Å². The van der Waals surface area contributed by atoms with Crippen LogP contribution in [0.15, 0.2) is 65.7 Å². The van der Waals surface area contributed by atoms with Crippen LogP contribution in [0.1, 0.15) is 36.0 Å². The number of anilines is 1. The average Bonchev–Trinajstić information content (AvgIpc) is 2.70. The molecule has 0 aliphatic heterocycles. The first-order valence-electron chi connectivity index (χ1n) is 9.24. The highest BCUT2D eigenvalue weighted by Gasteiger charge is 2.11. The molecule has 144 valence electrons. The molecule has 1 amide bonds. The molecule has 2 aromatic carbocycles. The summed E-state index contributed by atoms with van der Waals surface area (Å²) in [6.07, 6.45) is 3.09. The zero-order valence-corrected chi connectivity index (χ0v) is 16.2. The molecule has 3 rings (SSSR count). The van der Waals surface area contributed by atoms with Gasteiger partial charge in [0.2, 0.25) is 5.91 Å². The van der Waals surface area contributed by atoms with Crippen molar-refractivity contribution < 1.29 is 14.7 Å². The maximum Gasteiger partial charge on any atom is 0.337 e. The largest absolute Gasteiger partial charge is 0.478 e. The molecule has 1 heterocycles. The van der Waals surface area contributed by atoms with Crippen LogP contribution in [0.25, 0.3) is 10.9 Å². The second kappa shape index (κ2) is 9.90. The van der Waals surface area contributed by atoms with Crippen LogP contribution >= 0.6 is 11.8 Å². The normalized spacial score (nSPS) is 10.7. The van der Waals surface area contributed by atoms with Crippen LogP contribution in [0.4, 0.5) is 5.69 Å². The lowest BCUT2D eigenvalue weighted by Crippen LogP contribution is -2.14. The Kier molecular flexibility index (Phi) is 7.03. The number of carbonyl (C=O) groups excluding carboxylic acids is 1. The molecule has 0 aliphatic rings. The number of thioether (sulfide) groups is 1. The third-order valence-corrected chi connectivity index (χ3v) is 5.32. The Bertz CT molecular complexity index is 975. The number of aromatic carboxylic acids is 1. The van der Waals surface area contributed by atoms with Crippen molar-refractivity contribution in [3.8, 4) is 0 Å². The van der Waals surface area contributed by atoms with Crippen molar-refractivity contribution in [2.24, 2.45) is 0 Å². The fourth-order valence-corrected chi connectivity index (χ4v) is 3.74. The van der Waals surface area contributed by atoms with Crippen molar-refractivity contribution in [3.63, 3.8) is 0 Å². The first kappa shape index (κ1) is 19.9. The number of para-hydroxylation sites is 2. The van der Waals surface area contributed by atoms with Gasteiger partial charge in [-0.15, -0.1) is 11.8 Å². The molecular weight excluding hydrogens is 372 g/mol. The first-order valence-corrected chi connectivity index (χ1v) is 10.2. The fraction of sp³-hybridized carbons (Fsp3) is 0.227. The molecule has 2 N–H and O–H groups in total. The zero-order chi connectivity index (χ0) is 19.8. The smallest absolute Gasteiger partial charge is 0.337 e. The number of hydrogen-bond donors (Lipinski definition) is 2. The van der Waals surface area contributed by atoms with E-state index in [1.54, 1.807) is 30.0 Å². The Morgan fingerprint density at radius 2 is 1.71 bits per heavy atom. The maximum absolute atomic E-state index is 12.0. The topological polar surface area (TPSA) is 79.3 Å². The summed E-state index contributed by atoms with van der Waals surface area (Å²) < 4.78 is 0. The predicted molar refractivity (Wildman–Crippen MR) is 113 cm³/mol. The van der Waals surface area contributed by atoms with Crippen LogP contribution in [0.2, 0.25) is 0 Å². The number of nitrogens with one attached hydrogen (secondary N) is 1. The number of hydrogen-bond acceptors (Lipinski definition) is 4. The van der Waals surface area contributed by atoms with Gasteiger partial charge < -0.3 is 10.4 Å². The minimum Gasteiger partial charge on any atom is -0.478 e. The van der Waals surface area contributed by atoms with E-state index in [0.29, 0.717) is 12.1 Å². The molecule has 0 aliphatic carbocycles. The molecule has 1 aromatic heterocycles. The van der Waals surface area contributed by atoms with Gasteiger partial charge in [0, 0.05) is 11.8 Å². The summed E-state index contributed by atoms with van der Waals surface area (Å²) in [6.45, 7) is 0. The highest BCUT2D eigenvalue weighted by Crippen LogP contribution is 2.21. The molecule has 0 radical (unpaired) electrons. The van der Waals surface area contributed by atoms with Crippen LogP contribution in [-0.2, 0) is 4.79 Å². The Morgan fingerprint density at radius 1 is 0.929 bits per heavy atom. The molecular formula is C22H22N2O3S. The summed E-state index contributed by atoms with van der Waals surface area (Å²) in [7, 11) is 0. The minimum absolute atomic E-state index is 0.107. The highest BCUT2D eigenvalue weighted by molar-refractivity contribution is 7.99. The monoisotopic (exact) mass is 394 g/mol. The SMILES string of the molecule is O=C(CCCCCSc1ccc2ccccc2n1)Nc1ccccc1C(=O)O. The van der Waals surface area contributed by atoms with E-state index in [9.17, 15) is 9.59 Å². The van der Waals surface area contributed by atoms with Gasteiger partial charge in [-0.2, -0.15) is 0 Å². The van der Waals surface area contributed by atoms with Crippen molar-refractivity contribution in [2.45, 2.75) is 30.7 Å². The van der Waals surface area contributed by atoms with Gasteiger partial charge in [-0.25, -0.2) is 9.78 Å². The Morgan fingerprint density at radius 3 is 2.57 bits per heavy atom. The van der Waals surface area contributed by atoms with E-state index < -0.39 is 5.97 Å². The molecule has 3 aromatic rings. The molecule has 0 unspecified atom stereocenters. The molecule has 0 bridgehead atoms. The van der Waals surface area contributed by atoms with Gasteiger partial charge in [0.1, 0.15) is 0 Å². The van der Waals surface area contributed by atoms with E-state index in [2.05, 4.69) is 22.4 Å². The van der Waals surface area contributed by atoms with Gasteiger partial charge in [0.15, 0.2) is 0 Å². The molecule has 0 atom stereocenters. The number of nitrogens with zero attached hydrogens (tertiary/aromatic N) is 1. The lowest BCUT2D eigenvalue weighted by molar-refractivity contribution is -0.116. The van der Waals surface area contributed by atoms with Gasteiger partial charge in [0.25, 0.3) is 0 Å². The number of unbranched alkanes of at least 4 members (excludes halogenated alkanes) is 2. The van der Waals surface area contributed by atoms with Crippen LogP contribution in [0.5, 0.6) is 0 Å². The standard InChI is InChI=1S/C22H22N2O3S/c25-20(23-19-11-6-4-9-17(19)22(26)27)12-2-1-7-15-28-21-14-13-16-8-3-5-10-18(16)24-21/h3-6,8-11,13-14H,1-2,7,12,15H2,(H,23,25)(H,26,27). The van der Waals surface area contributed by atoms with Crippen LogP contribution in [-0.4, -0.2) is 27.7 Å². The van der Waals surface area contributed by atoms with E-state index >= 15 is 0 Å². The van der Waals surface area contributed by atoms with Gasteiger partial charge in [-0.05, 0) is 42.9 Å². The fourth-order valence-electron chi connectivity index (χ4n) is 2.86. The van der Waals surface area contributed by atoms with E-state index in [4.69, 9.17) is 5.11 Å². The second-order valence-corrected chi connectivity index (χ2v) is 7.52. The van der Waals surface area contributed by atoms with Crippen molar-refractivity contribution in [1.82, 2.24) is 4.98 Å². The number of aromatic nitrogens is 1. The summed E-state index contributed by atoms with van der Waals surface area (Å²) in [5, 5.41) is 14.0. The maximum atomic E-state index is 12.0. The third kappa shape index (κ3) is 5.57. The van der Waals surface area contributed by atoms with Crippen LogP contribution < -0.4 is 5.32 Å². The van der Waals surface area contributed by atoms with Crippen LogP contribution in [0, 0.1) is 0 Å². The van der Waals surface area contributed by atoms with Crippen molar-refractivity contribution in [2.75, 3.05) is 11.1 Å². The van der Waals surface area contributed by atoms with E-state index in [-0.39, 0.29) is 11.5 Å². The lowest BCUT2D eigenvalue weighted by atomic mass is 10.1. The van der Waals surface area contributed by atoms with Gasteiger partial charge in [-0.3, -0.25) is 4.79 Å². The molecule has 0 spiro atoms. The lowest BCUT2D eigenvalue weighted by Gasteiger charge is -2.08. The van der Waals surface area contributed by atoms with E-state index in [0.717, 1.165) is 40.9 Å². The number of carbonyl (C=O) groups is 2.